The Bertz CT molecular complexity index is 383. The van der Waals surface area contributed by atoms with Crippen molar-refractivity contribution < 1.29 is 10.2 Å². The third-order valence-corrected chi connectivity index (χ3v) is 1.38. The summed E-state index contributed by atoms with van der Waals surface area (Å²) in [6.45, 7) is 0. The number of aromatic hydroxyl groups is 2. The highest BCUT2D eigenvalue weighted by Gasteiger charge is 1.97. The summed E-state index contributed by atoms with van der Waals surface area (Å²) in [5.74, 6) is -0.563. The van der Waals surface area contributed by atoms with E-state index in [1.165, 1.54) is 18.3 Å². The Morgan fingerprint density at radius 2 is 1.93 bits per heavy atom. The fourth-order valence-electron chi connectivity index (χ4n) is 0.783. The van der Waals surface area contributed by atoms with Crippen molar-refractivity contribution >= 4 is 12.2 Å². The molecule has 0 aliphatic heterocycles. The summed E-state index contributed by atoms with van der Waals surface area (Å²) >= 11 is 0. The molecule has 6 nitrogen and oxygen atoms in total. The van der Waals surface area contributed by atoms with Crippen molar-refractivity contribution in [3.8, 4) is 11.5 Å². The third-order valence-electron chi connectivity index (χ3n) is 1.38. The van der Waals surface area contributed by atoms with E-state index in [9.17, 15) is 0 Å². The summed E-state index contributed by atoms with van der Waals surface area (Å²) < 4.78 is 0. The van der Waals surface area contributed by atoms with Crippen LogP contribution in [0.1, 0.15) is 5.56 Å². The van der Waals surface area contributed by atoms with Crippen LogP contribution in [-0.4, -0.2) is 22.4 Å². The van der Waals surface area contributed by atoms with Crippen LogP contribution in [0.25, 0.3) is 0 Å². The molecule has 1 rings (SSSR count). The van der Waals surface area contributed by atoms with Gasteiger partial charge >= 0.3 is 0 Å². The number of phenols is 2. The van der Waals surface area contributed by atoms with Gasteiger partial charge in [-0.25, -0.2) is 0 Å². The Hall–Kier alpha value is -2.24. The maximum absolute atomic E-state index is 9.11. The summed E-state index contributed by atoms with van der Waals surface area (Å²) in [5.41, 5.74) is 10.6. The van der Waals surface area contributed by atoms with E-state index in [4.69, 9.17) is 21.7 Å². The van der Waals surface area contributed by atoms with Gasteiger partial charge in [-0.1, -0.05) is 0 Å². The molecule has 0 aliphatic carbocycles. The molecule has 74 valence electrons. The Balaban J connectivity index is 2.83. The highest BCUT2D eigenvalue weighted by atomic mass is 16.3. The second kappa shape index (κ2) is 4.13. The lowest BCUT2D eigenvalue weighted by Gasteiger charge is -1.96. The van der Waals surface area contributed by atoms with Gasteiger partial charge < -0.3 is 21.7 Å². The molecule has 0 aliphatic rings. The minimum Gasteiger partial charge on any atom is -0.504 e. The highest BCUT2D eigenvalue weighted by molar-refractivity contribution is 5.82. The Labute approximate surface area is 80.2 Å². The predicted octanol–water partition coefficient (Wildman–Crippen LogP) is -0.295. The fraction of sp³-hybridized carbons (Fsp3) is 0. The van der Waals surface area contributed by atoms with Crippen LogP contribution in [-0.2, 0) is 0 Å². The molecule has 0 unspecified atom stereocenters. The first-order valence-corrected chi connectivity index (χ1v) is 3.73. The van der Waals surface area contributed by atoms with Crippen LogP contribution < -0.4 is 11.5 Å². The molecule has 6 N–H and O–H groups in total. The van der Waals surface area contributed by atoms with Gasteiger partial charge in [0, 0.05) is 0 Å². The zero-order chi connectivity index (χ0) is 10.6. The lowest BCUT2D eigenvalue weighted by molar-refractivity contribution is 0.403. The van der Waals surface area contributed by atoms with Gasteiger partial charge in [0.15, 0.2) is 11.5 Å². The van der Waals surface area contributed by atoms with Gasteiger partial charge in [0.2, 0.25) is 5.96 Å². The van der Waals surface area contributed by atoms with E-state index in [1.807, 2.05) is 0 Å². The second-order valence-corrected chi connectivity index (χ2v) is 2.52. The van der Waals surface area contributed by atoms with Crippen molar-refractivity contribution in [2.75, 3.05) is 0 Å². The molecule has 0 spiro atoms. The number of hydrogen-bond donors (Lipinski definition) is 4. The van der Waals surface area contributed by atoms with Crippen LogP contribution in [0, 0.1) is 0 Å². The summed E-state index contributed by atoms with van der Waals surface area (Å²) in [6.07, 6.45) is 1.35. The van der Waals surface area contributed by atoms with Gasteiger partial charge in [-0.3, -0.25) is 0 Å². The number of phenolic OH excluding ortho intramolecular Hbond substituents is 2. The normalized spacial score (nSPS) is 10.3. The van der Waals surface area contributed by atoms with Gasteiger partial charge in [0.25, 0.3) is 0 Å². The molecule has 0 saturated carbocycles. The number of benzene rings is 1. The smallest absolute Gasteiger partial charge is 0.211 e. The van der Waals surface area contributed by atoms with Crippen LogP contribution in [0.2, 0.25) is 0 Å². The lowest BCUT2D eigenvalue weighted by Crippen LogP contribution is -2.21. The Kier molecular flexibility index (Phi) is 2.90. The Morgan fingerprint density at radius 3 is 2.50 bits per heavy atom. The second-order valence-electron chi connectivity index (χ2n) is 2.52. The van der Waals surface area contributed by atoms with Gasteiger partial charge in [-0.05, 0) is 23.8 Å². The molecule has 0 saturated heterocycles. The van der Waals surface area contributed by atoms with Crippen molar-refractivity contribution in [2.24, 2.45) is 21.7 Å². The van der Waals surface area contributed by atoms with Crippen molar-refractivity contribution in [3.63, 3.8) is 0 Å². The van der Waals surface area contributed by atoms with Crippen molar-refractivity contribution in [3.05, 3.63) is 23.8 Å². The summed E-state index contributed by atoms with van der Waals surface area (Å²) in [5, 5.41) is 25.0. The first kappa shape index (κ1) is 9.85. The van der Waals surface area contributed by atoms with Crippen LogP contribution in [0.5, 0.6) is 11.5 Å². The SMILES string of the molecule is NC(N)=N/N=C\c1ccc(O)c(O)c1. The molecule has 6 heteroatoms. The molecule has 1 aromatic rings. The first-order valence-electron chi connectivity index (χ1n) is 3.73. The van der Waals surface area contributed by atoms with Crippen LogP contribution in [0.15, 0.2) is 28.4 Å². The van der Waals surface area contributed by atoms with Crippen LogP contribution in [0.3, 0.4) is 0 Å². The zero-order valence-electron chi connectivity index (χ0n) is 7.25. The van der Waals surface area contributed by atoms with E-state index in [0.29, 0.717) is 5.56 Å². The van der Waals surface area contributed by atoms with E-state index >= 15 is 0 Å². The van der Waals surface area contributed by atoms with Gasteiger partial charge in [-0.15, -0.1) is 5.10 Å². The quantitative estimate of drug-likeness (QED) is 0.224. The Morgan fingerprint density at radius 1 is 1.21 bits per heavy atom. The number of guanidine groups is 1. The van der Waals surface area contributed by atoms with Gasteiger partial charge in [0.1, 0.15) is 0 Å². The topological polar surface area (TPSA) is 117 Å². The third kappa shape index (κ3) is 2.67. The van der Waals surface area contributed by atoms with Gasteiger partial charge in [-0.2, -0.15) is 5.10 Å². The van der Waals surface area contributed by atoms with E-state index in [1.54, 1.807) is 6.07 Å². The van der Waals surface area contributed by atoms with E-state index in [2.05, 4.69) is 10.2 Å². The van der Waals surface area contributed by atoms with Crippen molar-refractivity contribution in [1.82, 2.24) is 0 Å². The van der Waals surface area contributed by atoms with E-state index in [-0.39, 0.29) is 17.5 Å². The number of rotatable bonds is 2. The predicted molar refractivity (Wildman–Crippen MR) is 53.2 cm³/mol. The fourth-order valence-corrected chi connectivity index (χ4v) is 0.783. The highest BCUT2D eigenvalue weighted by Crippen LogP contribution is 2.23. The molecule has 14 heavy (non-hydrogen) atoms. The van der Waals surface area contributed by atoms with Gasteiger partial charge in [0.05, 0.1) is 6.21 Å². The van der Waals surface area contributed by atoms with E-state index < -0.39 is 0 Å². The molecular weight excluding hydrogens is 184 g/mol. The number of hydrogen-bond acceptors (Lipinski definition) is 4. The van der Waals surface area contributed by atoms with Crippen molar-refractivity contribution in [2.45, 2.75) is 0 Å². The minimum atomic E-state index is -0.223. The maximum atomic E-state index is 9.11. The van der Waals surface area contributed by atoms with Crippen LogP contribution in [0.4, 0.5) is 0 Å². The molecular formula is C8H10N4O2. The summed E-state index contributed by atoms with van der Waals surface area (Å²) in [6, 6.07) is 4.23. The van der Waals surface area contributed by atoms with Crippen LogP contribution >= 0.6 is 0 Å². The molecule has 0 bridgehead atoms. The molecule has 0 radical (unpaired) electrons. The standard InChI is InChI=1S/C8H10N4O2/c9-8(10)12-11-4-5-1-2-6(13)7(14)3-5/h1-4,13-14H,(H4,9,10,12)/b11-4-. The number of nitrogens with two attached hydrogens (primary N) is 2. The first-order chi connectivity index (χ1) is 6.59. The number of nitrogens with zero attached hydrogens (tertiary/aromatic N) is 2. The monoisotopic (exact) mass is 194 g/mol. The lowest BCUT2D eigenvalue weighted by atomic mass is 10.2. The van der Waals surface area contributed by atoms with E-state index in [0.717, 1.165) is 0 Å². The molecule has 0 fully saturated rings. The summed E-state index contributed by atoms with van der Waals surface area (Å²) in [4.78, 5) is 0. The average molecular weight is 194 g/mol. The largest absolute Gasteiger partial charge is 0.504 e. The average Bonchev–Trinajstić information content (AvgIpc) is 2.10. The molecule has 0 heterocycles. The summed E-state index contributed by atoms with van der Waals surface area (Å²) in [7, 11) is 0. The zero-order valence-corrected chi connectivity index (χ0v) is 7.25. The molecule has 1 aromatic carbocycles. The molecule has 0 aromatic heterocycles. The minimum absolute atomic E-state index is 0.149. The van der Waals surface area contributed by atoms with Crippen molar-refractivity contribution in [1.29, 1.82) is 0 Å². The molecule has 0 amide bonds. The molecule has 0 atom stereocenters. The maximum Gasteiger partial charge on any atom is 0.211 e.